The Morgan fingerprint density at radius 1 is 0.278 bits per heavy atom. The van der Waals surface area contributed by atoms with Crippen molar-refractivity contribution in [2.75, 3.05) is 0 Å². The van der Waals surface area contributed by atoms with Crippen molar-refractivity contribution in [3.63, 3.8) is 0 Å². The lowest BCUT2D eigenvalue weighted by molar-refractivity contribution is 0.414. The molecule has 3 aliphatic rings. The first-order valence-electron chi connectivity index (χ1n) is 28.6. The van der Waals surface area contributed by atoms with E-state index in [0.29, 0.717) is 0 Å². The van der Waals surface area contributed by atoms with Gasteiger partial charge in [0, 0.05) is 32.9 Å². The summed E-state index contributed by atoms with van der Waals surface area (Å²) in [4.78, 5) is 16.9. The average Bonchev–Trinajstić information content (AvgIpc) is 3.94. The van der Waals surface area contributed by atoms with Crippen molar-refractivity contribution < 1.29 is 0 Å². The van der Waals surface area contributed by atoms with Crippen molar-refractivity contribution in [3.05, 3.63) is 159 Å². The van der Waals surface area contributed by atoms with Gasteiger partial charge in [-0.15, -0.1) is 0 Å². The van der Waals surface area contributed by atoms with E-state index < -0.39 is 0 Å². The fraction of sp³-hybridized carbons (Fsp3) is 0.435. The van der Waals surface area contributed by atoms with Crippen molar-refractivity contribution in [1.82, 2.24) is 15.0 Å². The minimum absolute atomic E-state index is 0.0429. The van der Waals surface area contributed by atoms with Crippen molar-refractivity contribution in [2.45, 2.75) is 194 Å². The molecule has 0 radical (unpaired) electrons. The highest BCUT2D eigenvalue weighted by Crippen LogP contribution is 2.58. The number of benzene rings is 6. The summed E-state index contributed by atoms with van der Waals surface area (Å²) in [6, 6.07) is 43.3. The summed E-state index contributed by atoms with van der Waals surface area (Å²) in [6.07, 6.45) is 21.1. The number of nitrogens with zero attached hydrogens (tertiary/aromatic N) is 3. The molecule has 1 heterocycles. The lowest BCUT2D eigenvalue weighted by Crippen LogP contribution is -2.25. The van der Waals surface area contributed by atoms with E-state index in [9.17, 15) is 0 Å². The number of rotatable bonds is 21. The molecule has 72 heavy (non-hydrogen) atoms. The highest BCUT2D eigenvalue weighted by Gasteiger charge is 2.45. The third-order valence-corrected chi connectivity index (χ3v) is 17.7. The van der Waals surface area contributed by atoms with Gasteiger partial charge in [0.1, 0.15) is 0 Å². The molecule has 0 fully saturated rings. The molecule has 0 saturated heterocycles. The second-order valence-electron chi connectivity index (χ2n) is 22.6. The lowest BCUT2D eigenvalue weighted by Gasteiger charge is -2.33. The number of unbranched alkanes of at least 4 members (excludes halogenated alkanes) is 6. The molecule has 3 aliphatic carbocycles. The normalized spacial score (nSPS) is 15.0. The summed E-state index contributed by atoms with van der Waals surface area (Å²) in [5, 5.41) is 0. The van der Waals surface area contributed by atoms with Crippen LogP contribution < -0.4 is 0 Å². The van der Waals surface area contributed by atoms with Crippen LogP contribution in [-0.2, 0) is 16.2 Å². The summed E-state index contributed by atoms with van der Waals surface area (Å²) >= 11 is 0. The highest BCUT2D eigenvalue weighted by atomic mass is 15.0. The smallest absolute Gasteiger partial charge is 0.164 e. The van der Waals surface area contributed by atoms with Gasteiger partial charge in [-0.05, 0) is 144 Å². The predicted octanol–water partition coefficient (Wildman–Crippen LogP) is 19.7. The quantitative estimate of drug-likeness (QED) is 0.0720. The van der Waals surface area contributed by atoms with E-state index in [1.54, 1.807) is 0 Å². The molecule has 0 bridgehead atoms. The first-order chi connectivity index (χ1) is 35.1. The second-order valence-corrected chi connectivity index (χ2v) is 22.6. The summed E-state index contributed by atoms with van der Waals surface area (Å²) in [7, 11) is 0. The van der Waals surface area contributed by atoms with E-state index in [1.807, 2.05) is 0 Å². The van der Waals surface area contributed by atoms with Crippen LogP contribution in [0.1, 0.15) is 207 Å². The van der Waals surface area contributed by atoms with Crippen LogP contribution in [0.2, 0.25) is 0 Å². The Morgan fingerprint density at radius 3 is 0.708 bits per heavy atom. The minimum Gasteiger partial charge on any atom is -0.208 e. The Kier molecular flexibility index (Phi) is 14.3. The maximum Gasteiger partial charge on any atom is 0.164 e. The van der Waals surface area contributed by atoms with Crippen LogP contribution >= 0.6 is 0 Å². The molecule has 6 aromatic carbocycles. The zero-order chi connectivity index (χ0) is 50.2. The predicted molar refractivity (Wildman–Crippen MR) is 306 cm³/mol. The van der Waals surface area contributed by atoms with Crippen molar-refractivity contribution in [3.8, 4) is 67.5 Å². The van der Waals surface area contributed by atoms with Gasteiger partial charge in [-0.25, -0.2) is 15.0 Å². The summed E-state index contributed by atoms with van der Waals surface area (Å²) in [5.41, 5.74) is 24.4. The van der Waals surface area contributed by atoms with Gasteiger partial charge in [0.25, 0.3) is 0 Å². The summed E-state index contributed by atoms with van der Waals surface area (Å²) in [5.74, 6) is 2.28. The zero-order valence-corrected chi connectivity index (χ0v) is 45.5. The Balaban J connectivity index is 1.20. The highest BCUT2D eigenvalue weighted by molar-refractivity contribution is 5.87. The third kappa shape index (κ3) is 8.49. The minimum atomic E-state index is -0.0429. The molecule has 0 spiro atoms. The van der Waals surface area contributed by atoms with Gasteiger partial charge >= 0.3 is 0 Å². The molecule has 0 saturated carbocycles. The summed E-state index contributed by atoms with van der Waals surface area (Å²) < 4.78 is 0. The van der Waals surface area contributed by atoms with Crippen LogP contribution in [0.5, 0.6) is 0 Å². The van der Waals surface area contributed by atoms with Gasteiger partial charge in [0.15, 0.2) is 17.5 Å². The second kappa shape index (κ2) is 20.7. The molecule has 0 atom stereocenters. The summed E-state index contributed by atoms with van der Waals surface area (Å²) in [6.45, 7) is 20.9. The van der Waals surface area contributed by atoms with Crippen LogP contribution in [0, 0.1) is 20.8 Å². The van der Waals surface area contributed by atoms with E-state index >= 15 is 0 Å². The molecular weight excluding hydrogens is 871 g/mol. The Morgan fingerprint density at radius 2 is 0.486 bits per heavy atom. The van der Waals surface area contributed by atoms with E-state index in [1.165, 1.54) is 161 Å². The maximum atomic E-state index is 5.62. The molecule has 1 aromatic heterocycles. The molecule has 7 aromatic rings. The van der Waals surface area contributed by atoms with Gasteiger partial charge < -0.3 is 0 Å². The monoisotopic (exact) mass is 952 g/mol. The number of hydrogen-bond acceptors (Lipinski definition) is 3. The molecule has 372 valence electrons. The third-order valence-electron chi connectivity index (χ3n) is 17.7. The number of aryl methyl sites for hydroxylation is 3. The number of fused-ring (bicyclic) bond motifs is 9. The molecule has 10 rings (SSSR count). The Bertz CT molecular complexity index is 2750. The lowest BCUT2D eigenvalue weighted by atomic mass is 9.70. The molecule has 0 unspecified atom stereocenters. The zero-order valence-electron chi connectivity index (χ0n) is 45.5. The molecule has 0 aliphatic heterocycles. The van der Waals surface area contributed by atoms with E-state index in [4.69, 9.17) is 15.0 Å². The van der Waals surface area contributed by atoms with Crippen LogP contribution in [0.15, 0.2) is 109 Å². The van der Waals surface area contributed by atoms with Crippen molar-refractivity contribution in [2.24, 2.45) is 0 Å². The largest absolute Gasteiger partial charge is 0.208 e. The van der Waals surface area contributed by atoms with Gasteiger partial charge in [0.2, 0.25) is 0 Å². The first-order valence-corrected chi connectivity index (χ1v) is 28.6. The number of hydrogen-bond donors (Lipinski definition) is 0. The number of aromatic nitrogens is 3. The van der Waals surface area contributed by atoms with Crippen LogP contribution in [0.25, 0.3) is 67.5 Å². The van der Waals surface area contributed by atoms with Crippen LogP contribution in [0.4, 0.5) is 0 Å². The van der Waals surface area contributed by atoms with E-state index in [0.717, 1.165) is 72.7 Å². The fourth-order valence-corrected chi connectivity index (χ4v) is 13.9. The van der Waals surface area contributed by atoms with Crippen molar-refractivity contribution in [1.29, 1.82) is 0 Å². The average molecular weight is 952 g/mol. The maximum absolute atomic E-state index is 5.62. The Labute approximate surface area is 433 Å². The van der Waals surface area contributed by atoms with Gasteiger partial charge in [-0.1, -0.05) is 226 Å². The molecular formula is C69H81N3. The van der Waals surface area contributed by atoms with Gasteiger partial charge in [-0.3, -0.25) is 0 Å². The van der Waals surface area contributed by atoms with Gasteiger partial charge in [0.05, 0.1) is 0 Å². The molecule has 3 nitrogen and oxygen atoms in total. The molecule has 0 N–H and O–H groups in total. The Hall–Kier alpha value is -5.67. The SMILES string of the molecule is CCCCC1(CCCC)c2cc(C)ccc2-c2ccc(-c3nc(-c4ccc5c(c4)C(CCCC)(CCCC)c4cc(C)ccc4-5)nc(-c4ccc5c(c4)C(CCCC)(CCCC)c4cc(C)ccc4-5)n3)cc21. The van der Waals surface area contributed by atoms with Gasteiger partial charge in [-0.2, -0.15) is 0 Å². The van der Waals surface area contributed by atoms with Crippen LogP contribution in [0.3, 0.4) is 0 Å². The van der Waals surface area contributed by atoms with E-state index in [-0.39, 0.29) is 16.2 Å². The van der Waals surface area contributed by atoms with Crippen LogP contribution in [-0.4, -0.2) is 15.0 Å². The first kappa shape index (κ1) is 49.9. The topological polar surface area (TPSA) is 38.7 Å². The standard InChI is InChI=1S/C69H81N3/c1-10-16-34-67(35-17-11-2)58-40-46(7)22-28-52(58)55-31-25-49(43-61(55)67)64-70-65(50-26-32-56-53-29-23-47(8)41-59(53)68(36-18-12-3,37-19-13-4)62(56)44-50)72-66(71-64)51-27-33-57-54-30-24-48(9)42-60(54)69(38-20-14-5,39-21-15-6)63(57)45-51/h22-33,40-45H,10-21,34-39H2,1-9H3. The molecule has 3 heteroatoms. The van der Waals surface area contributed by atoms with E-state index in [2.05, 4.69) is 172 Å². The van der Waals surface area contributed by atoms with Crippen molar-refractivity contribution >= 4 is 0 Å². The molecule has 0 amide bonds. The fourth-order valence-electron chi connectivity index (χ4n) is 13.9.